The number of fused-ring (bicyclic) bond motifs is 1. The molecule has 4 heteroatoms. The predicted octanol–water partition coefficient (Wildman–Crippen LogP) is -2.75. The molecule has 2 unspecified atom stereocenters. The molecule has 4 heterocycles. The van der Waals surface area contributed by atoms with Crippen molar-refractivity contribution in [3.8, 4) is 0 Å². The Morgan fingerprint density at radius 2 is 1.86 bits per heavy atom. The van der Waals surface area contributed by atoms with Crippen molar-refractivity contribution >= 4 is 5.71 Å². The van der Waals surface area contributed by atoms with E-state index in [4.69, 9.17) is 5.21 Å². The van der Waals surface area contributed by atoms with Gasteiger partial charge in [0.05, 0.1) is 37.8 Å². The van der Waals surface area contributed by atoms with Crippen molar-refractivity contribution < 1.29 is 15.0 Å². The molecule has 0 amide bonds. The molecule has 2 atom stereocenters. The fourth-order valence-corrected chi connectivity index (χ4v) is 3.88. The van der Waals surface area contributed by atoms with E-state index in [2.05, 4.69) is 12.1 Å². The number of hydrogen-bond donors (Lipinski definition) is 3. The summed E-state index contributed by atoms with van der Waals surface area (Å²) in [4.78, 5) is 3.44. The SMILES string of the molecule is CC12C[NH+]3CC[NH+](CC(C3)C1=NO)C2. The Bertz CT molecular complexity index is 273. The number of rotatable bonds is 0. The number of quaternary nitrogens is 2. The van der Waals surface area contributed by atoms with Crippen molar-refractivity contribution in [2.75, 3.05) is 39.3 Å². The number of oxime groups is 1. The average molecular weight is 197 g/mol. The first-order chi connectivity index (χ1) is 6.71. The summed E-state index contributed by atoms with van der Waals surface area (Å²) in [5, 5.41) is 12.7. The highest BCUT2D eigenvalue weighted by atomic mass is 16.4. The average Bonchev–Trinajstić information content (AvgIpc) is 2.32. The molecule has 0 aliphatic carbocycles. The number of nitrogens with zero attached hydrogens (tertiary/aromatic N) is 1. The largest absolute Gasteiger partial charge is 0.411 e. The van der Waals surface area contributed by atoms with E-state index in [-0.39, 0.29) is 5.41 Å². The molecule has 14 heavy (non-hydrogen) atoms. The van der Waals surface area contributed by atoms with Gasteiger partial charge in [-0.15, -0.1) is 0 Å². The van der Waals surface area contributed by atoms with E-state index < -0.39 is 0 Å². The first kappa shape index (κ1) is 8.68. The van der Waals surface area contributed by atoms with E-state index in [1.807, 2.05) is 0 Å². The quantitative estimate of drug-likeness (QED) is 0.286. The highest BCUT2D eigenvalue weighted by Crippen LogP contribution is 2.25. The summed E-state index contributed by atoms with van der Waals surface area (Å²) in [6.07, 6.45) is 0. The van der Waals surface area contributed by atoms with Crippen LogP contribution in [0.5, 0.6) is 0 Å². The Morgan fingerprint density at radius 3 is 2.29 bits per heavy atom. The van der Waals surface area contributed by atoms with Crippen molar-refractivity contribution in [3.05, 3.63) is 0 Å². The van der Waals surface area contributed by atoms with Gasteiger partial charge >= 0.3 is 0 Å². The van der Waals surface area contributed by atoms with E-state index in [0.29, 0.717) is 5.92 Å². The van der Waals surface area contributed by atoms with E-state index in [9.17, 15) is 0 Å². The highest BCUT2D eigenvalue weighted by Gasteiger charge is 2.55. The molecule has 0 saturated carbocycles. The standard InChI is InChI=1S/C10H17N3O/c1-10-6-12-2-3-13(7-10)5-8(4-12)9(10)11-14/h8,14H,2-7H2,1H3/p+2. The molecule has 4 rings (SSSR count). The summed E-state index contributed by atoms with van der Waals surface area (Å²) in [7, 11) is 0. The smallest absolute Gasteiger partial charge is 0.127 e. The van der Waals surface area contributed by atoms with Gasteiger partial charge in [0.1, 0.15) is 18.5 Å². The van der Waals surface area contributed by atoms with Gasteiger partial charge in [-0.3, -0.25) is 0 Å². The molecule has 3 N–H and O–H groups in total. The van der Waals surface area contributed by atoms with E-state index in [1.54, 1.807) is 9.80 Å². The van der Waals surface area contributed by atoms with Crippen molar-refractivity contribution in [2.24, 2.45) is 16.5 Å². The van der Waals surface area contributed by atoms with Crippen LogP contribution in [0, 0.1) is 11.3 Å². The minimum atomic E-state index is 0.178. The molecule has 4 aliphatic heterocycles. The maximum Gasteiger partial charge on any atom is 0.127 e. The molecule has 0 aromatic rings. The monoisotopic (exact) mass is 197 g/mol. The van der Waals surface area contributed by atoms with Gasteiger partial charge in [0.25, 0.3) is 0 Å². The van der Waals surface area contributed by atoms with Crippen LogP contribution >= 0.6 is 0 Å². The zero-order valence-electron chi connectivity index (χ0n) is 8.71. The maximum atomic E-state index is 9.12. The molecular formula is C10H19N3O+2. The Kier molecular flexibility index (Phi) is 1.67. The van der Waals surface area contributed by atoms with Crippen LogP contribution in [0.4, 0.5) is 0 Å². The molecule has 0 aromatic heterocycles. The molecule has 4 saturated heterocycles. The first-order valence-corrected chi connectivity index (χ1v) is 5.61. The van der Waals surface area contributed by atoms with E-state index >= 15 is 0 Å². The van der Waals surface area contributed by atoms with Gasteiger partial charge < -0.3 is 15.0 Å². The van der Waals surface area contributed by atoms with Crippen LogP contribution < -0.4 is 9.80 Å². The second-order valence-electron chi connectivity index (χ2n) is 5.50. The van der Waals surface area contributed by atoms with E-state index in [0.717, 1.165) is 5.71 Å². The molecule has 4 fully saturated rings. The van der Waals surface area contributed by atoms with Crippen LogP contribution in [-0.2, 0) is 0 Å². The number of hydrogen-bond acceptors (Lipinski definition) is 2. The normalized spacial score (nSPS) is 53.8. The Labute approximate surface area is 84.2 Å². The number of piperidine rings is 2. The Morgan fingerprint density at radius 1 is 1.29 bits per heavy atom. The predicted molar refractivity (Wildman–Crippen MR) is 51.9 cm³/mol. The van der Waals surface area contributed by atoms with Gasteiger partial charge in [0.15, 0.2) is 0 Å². The van der Waals surface area contributed by atoms with E-state index in [1.165, 1.54) is 39.3 Å². The van der Waals surface area contributed by atoms with Crippen LogP contribution in [0.15, 0.2) is 5.16 Å². The van der Waals surface area contributed by atoms with Crippen molar-refractivity contribution in [2.45, 2.75) is 6.92 Å². The third kappa shape index (κ3) is 1.04. The van der Waals surface area contributed by atoms with Crippen LogP contribution in [0.2, 0.25) is 0 Å². The van der Waals surface area contributed by atoms with Crippen molar-refractivity contribution in [1.82, 2.24) is 0 Å². The fraction of sp³-hybridized carbons (Fsp3) is 0.900. The lowest BCUT2D eigenvalue weighted by atomic mass is 9.72. The fourth-order valence-electron chi connectivity index (χ4n) is 3.88. The van der Waals surface area contributed by atoms with Crippen LogP contribution in [0.3, 0.4) is 0 Å². The molecule has 4 aliphatic rings. The molecule has 4 nitrogen and oxygen atoms in total. The third-order valence-corrected chi connectivity index (χ3v) is 4.30. The summed E-state index contributed by atoms with van der Waals surface area (Å²) in [6.45, 7) is 9.62. The minimum absolute atomic E-state index is 0.178. The lowest BCUT2D eigenvalue weighted by Gasteiger charge is -2.43. The van der Waals surface area contributed by atoms with Gasteiger partial charge in [-0.2, -0.15) is 0 Å². The van der Waals surface area contributed by atoms with Gasteiger partial charge in [0, 0.05) is 0 Å². The second-order valence-corrected chi connectivity index (χ2v) is 5.50. The van der Waals surface area contributed by atoms with Gasteiger partial charge in [-0.1, -0.05) is 5.16 Å². The first-order valence-electron chi connectivity index (χ1n) is 5.61. The Balaban J connectivity index is 2.03. The number of nitrogens with one attached hydrogen (secondary N) is 2. The van der Waals surface area contributed by atoms with Crippen molar-refractivity contribution in [3.63, 3.8) is 0 Å². The van der Waals surface area contributed by atoms with Crippen LogP contribution in [0.1, 0.15) is 6.92 Å². The molecule has 78 valence electrons. The summed E-state index contributed by atoms with van der Waals surface area (Å²) in [5.41, 5.74) is 1.27. The minimum Gasteiger partial charge on any atom is -0.411 e. The second kappa shape index (κ2) is 2.70. The molecule has 0 aromatic carbocycles. The van der Waals surface area contributed by atoms with Gasteiger partial charge in [-0.05, 0) is 6.92 Å². The topological polar surface area (TPSA) is 41.5 Å². The summed E-state index contributed by atoms with van der Waals surface area (Å²) >= 11 is 0. The summed E-state index contributed by atoms with van der Waals surface area (Å²) in [6, 6.07) is 0. The molecular weight excluding hydrogens is 178 g/mol. The zero-order valence-corrected chi connectivity index (χ0v) is 8.71. The maximum absolute atomic E-state index is 9.12. The summed E-state index contributed by atoms with van der Waals surface area (Å²) in [5.74, 6) is 0.542. The lowest BCUT2D eigenvalue weighted by molar-refractivity contribution is -0.918. The van der Waals surface area contributed by atoms with Gasteiger partial charge in [0.2, 0.25) is 0 Å². The van der Waals surface area contributed by atoms with Crippen molar-refractivity contribution in [1.29, 1.82) is 0 Å². The Hall–Kier alpha value is -0.610. The lowest BCUT2D eigenvalue weighted by Crippen LogP contribution is -3.16. The van der Waals surface area contributed by atoms with Crippen LogP contribution in [-0.4, -0.2) is 50.2 Å². The summed E-state index contributed by atoms with van der Waals surface area (Å²) < 4.78 is 0. The molecule has 0 spiro atoms. The third-order valence-electron chi connectivity index (χ3n) is 4.30. The van der Waals surface area contributed by atoms with Gasteiger partial charge in [-0.25, -0.2) is 0 Å². The molecule has 0 radical (unpaired) electrons. The molecule has 4 bridgehead atoms. The highest BCUT2D eigenvalue weighted by molar-refractivity contribution is 5.92. The zero-order chi connectivity index (χ0) is 9.76. The van der Waals surface area contributed by atoms with Crippen LogP contribution in [0.25, 0.3) is 0 Å².